The van der Waals surface area contributed by atoms with Crippen LogP contribution in [0, 0.1) is 0 Å². The molecule has 1 amide bonds. The highest BCUT2D eigenvalue weighted by molar-refractivity contribution is 8.01. The van der Waals surface area contributed by atoms with Crippen molar-refractivity contribution >= 4 is 39.3 Å². The molecule has 1 aromatic rings. The molecule has 1 aromatic carbocycles. The molecule has 1 atom stereocenters. The molecule has 150 valence electrons. The number of ether oxygens (including phenoxy) is 1. The van der Waals surface area contributed by atoms with E-state index in [2.05, 4.69) is 5.32 Å². The van der Waals surface area contributed by atoms with E-state index in [0.717, 1.165) is 19.3 Å². The fraction of sp³-hybridized carbons (Fsp3) is 0.556. The highest BCUT2D eigenvalue weighted by atomic mass is 32.2. The first-order valence-electron chi connectivity index (χ1n) is 9.03. The van der Waals surface area contributed by atoms with Crippen LogP contribution in [0.3, 0.4) is 0 Å². The number of nitrogens with zero attached hydrogens (tertiary/aromatic N) is 1. The van der Waals surface area contributed by atoms with Crippen LogP contribution < -0.4 is 5.32 Å². The number of sulfonamides is 1. The summed E-state index contributed by atoms with van der Waals surface area (Å²) >= 11 is 1.17. The third-order valence-electron chi connectivity index (χ3n) is 4.18. The molecule has 0 spiro atoms. The number of carbonyl (C=O) groups excluding carboxylic acids is 2. The Hall–Kier alpha value is -1.58. The molecule has 7 nitrogen and oxygen atoms in total. The van der Waals surface area contributed by atoms with Gasteiger partial charge in [0.1, 0.15) is 0 Å². The monoisotopic (exact) mass is 414 g/mol. The molecule has 0 saturated carbocycles. The van der Waals surface area contributed by atoms with Gasteiger partial charge >= 0.3 is 5.97 Å². The van der Waals surface area contributed by atoms with Gasteiger partial charge in [0.2, 0.25) is 15.9 Å². The van der Waals surface area contributed by atoms with E-state index >= 15 is 0 Å². The van der Waals surface area contributed by atoms with Crippen LogP contribution in [-0.4, -0.2) is 55.3 Å². The molecule has 1 aliphatic heterocycles. The molecular formula is C18H26N2O5S2. The van der Waals surface area contributed by atoms with Crippen LogP contribution in [0.1, 0.15) is 33.1 Å². The SMILES string of the molecule is CCOC(=O)CSC(C)C(=O)Nc1cccc(S(=O)(=O)N2CCCCC2)c1. The summed E-state index contributed by atoms with van der Waals surface area (Å²) in [4.78, 5) is 23.9. The average molecular weight is 415 g/mol. The second-order valence-electron chi connectivity index (χ2n) is 6.24. The zero-order chi connectivity index (χ0) is 19.9. The third-order valence-corrected chi connectivity index (χ3v) is 7.19. The van der Waals surface area contributed by atoms with E-state index in [9.17, 15) is 18.0 Å². The minimum atomic E-state index is -3.55. The molecule has 0 radical (unpaired) electrons. The van der Waals surface area contributed by atoms with Crippen LogP contribution in [0.2, 0.25) is 0 Å². The van der Waals surface area contributed by atoms with E-state index in [0.29, 0.717) is 25.4 Å². The van der Waals surface area contributed by atoms with E-state index in [1.807, 2.05) is 0 Å². The van der Waals surface area contributed by atoms with Gasteiger partial charge in [-0.2, -0.15) is 4.31 Å². The molecule has 1 N–H and O–H groups in total. The fourth-order valence-electron chi connectivity index (χ4n) is 2.70. The number of hydrogen-bond acceptors (Lipinski definition) is 6. The molecule has 0 bridgehead atoms. The Bertz CT molecular complexity index is 761. The second kappa shape index (κ2) is 10.1. The highest BCUT2D eigenvalue weighted by Crippen LogP contribution is 2.23. The first-order chi connectivity index (χ1) is 12.8. The predicted octanol–water partition coefficient (Wildman–Crippen LogP) is 2.48. The molecule has 1 heterocycles. The van der Waals surface area contributed by atoms with Crippen molar-refractivity contribution in [3.63, 3.8) is 0 Å². The fourth-order valence-corrected chi connectivity index (χ4v) is 4.95. The van der Waals surface area contributed by atoms with Crippen molar-refractivity contribution in [2.24, 2.45) is 0 Å². The lowest BCUT2D eigenvalue weighted by atomic mass is 10.2. The molecule has 9 heteroatoms. The summed E-state index contributed by atoms with van der Waals surface area (Å²) in [6.07, 6.45) is 2.78. The van der Waals surface area contributed by atoms with Crippen LogP contribution in [0.4, 0.5) is 5.69 Å². The minimum absolute atomic E-state index is 0.0891. The Balaban J connectivity index is 2.00. The minimum Gasteiger partial charge on any atom is -0.465 e. The lowest BCUT2D eigenvalue weighted by Gasteiger charge is -2.26. The summed E-state index contributed by atoms with van der Waals surface area (Å²) in [7, 11) is -3.55. The molecule has 1 fully saturated rings. The largest absolute Gasteiger partial charge is 0.465 e. The molecule has 0 aromatic heterocycles. The van der Waals surface area contributed by atoms with Crippen LogP contribution >= 0.6 is 11.8 Å². The van der Waals surface area contributed by atoms with Crippen LogP contribution in [0.25, 0.3) is 0 Å². The van der Waals surface area contributed by atoms with E-state index in [1.54, 1.807) is 32.0 Å². The third kappa shape index (κ3) is 6.22. The molecule has 1 unspecified atom stereocenters. The maximum absolute atomic E-state index is 12.8. The van der Waals surface area contributed by atoms with E-state index in [1.165, 1.54) is 22.1 Å². The van der Waals surface area contributed by atoms with Gasteiger partial charge in [0.05, 0.1) is 22.5 Å². The number of hydrogen-bond donors (Lipinski definition) is 1. The van der Waals surface area contributed by atoms with Gasteiger partial charge in [-0.05, 0) is 44.9 Å². The molecule has 27 heavy (non-hydrogen) atoms. The first kappa shape index (κ1) is 21.7. The molecular weight excluding hydrogens is 388 g/mol. The number of rotatable bonds is 8. The van der Waals surface area contributed by atoms with Gasteiger partial charge in [0.15, 0.2) is 0 Å². The van der Waals surface area contributed by atoms with Gasteiger partial charge in [-0.1, -0.05) is 12.5 Å². The maximum atomic E-state index is 12.8. The zero-order valence-corrected chi connectivity index (χ0v) is 17.3. The Kier molecular flexibility index (Phi) is 8.12. The predicted molar refractivity (Wildman–Crippen MR) is 106 cm³/mol. The van der Waals surface area contributed by atoms with Crippen molar-refractivity contribution in [2.45, 2.75) is 43.3 Å². The quantitative estimate of drug-likeness (QED) is 0.657. The van der Waals surface area contributed by atoms with Crippen molar-refractivity contribution < 1.29 is 22.7 Å². The van der Waals surface area contributed by atoms with E-state index in [4.69, 9.17) is 4.74 Å². The molecule has 0 aliphatic carbocycles. The number of piperidine rings is 1. The Morgan fingerprint density at radius 3 is 2.63 bits per heavy atom. The van der Waals surface area contributed by atoms with Gasteiger partial charge in [-0.3, -0.25) is 9.59 Å². The number of esters is 1. The van der Waals surface area contributed by atoms with Crippen molar-refractivity contribution in [3.8, 4) is 0 Å². The average Bonchev–Trinajstić information content (AvgIpc) is 2.67. The second-order valence-corrected chi connectivity index (χ2v) is 9.51. The standard InChI is InChI=1S/C18H26N2O5S2/c1-3-25-17(21)13-26-14(2)18(22)19-15-8-7-9-16(12-15)27(23,24)20-10-5-4-6-11-20/h7-9,12,14H,3-6,10-11,13H2,1-2H3,(H,19,22). The highest BCUT2D eigenvalue weighted by Gasteiger charge is 2.26. The number of benzene rings is 1. The Morgan fingerprint density at radius 2 is 1.96 bits per heavy atom. The van der Waals surface area contributed by atoms with Gasteiger partial charge in [0, 0.05) is 18.8 Å². The summed E-state index contributed by atoms with van der Waals surface area (Å²) in [5.74, 6) is -0.570. The van der Waals surface area contributed by atoms with Gasteiger partial charge < -0.3 is 10.1 Å². The topological polar surface area (TPSA) is 92.8 Å². The summed E-state index contributed by atoms with van der Waals surface area (Å²) in [5.41, 5.74) is 0.418. The number of carbonyl (C=O) groups is 2. The van der Waals surface area contributed by atoms with E-state index in [-0.39, 0.29) is 22.5 Å². The van der Waals surface area contributed by atoms with Gasteiger partial charge in [0.25, 0.3) is 0 Å². The summed E-state index contributed by atoms with van der Waals surface area (Å²) in [5, 5.41) is 2.24. The number of anilines is 1. The van der Waals surface area contributed by atoms with E-state index < -0.39 is 15.3 Å². The Labute approximate surface area is 164 Å². The van der Waals surface area contributed by atoms with Crippen LogP contribution in [0.15, 0.2) is 29.2 Å². The van der Waals surface area contributed by atoms with Crippen molar-refractivity contribution in [1.29, 1.82) is 0 Å². The van der Waals surface area contributed by atoms with Crippen molar-refractivity contribution in [2.75, 3.05) is 30.8 Å². The summed E-state index contributed by atoms with van der Waals surface area (Å²) < 4.78 is 31.8. The van der Waals surface area contributed by atoms with Crippen molar-refractivity contribution in [3.05, 3.63) is 24.3 Å². The Morgan fingerprint density at radius 1 is 1.26 bits per heavy atom. The zero-order valence-electron chi connectivity index (χ0n) is 15.6. The summed E-state index contributed by atoms with van der Waals surface area (Å²) in [6.45, 7) is 4.77. The number of nitrogens with one attached hydrogen (secondary N) is 1. The normalized spacial score (nSPS) is 16.5. The molecule has 1 aliphatic rings. The number of thioether (sulfide) groups is 1. The van der Waals surface area contributed by atoms with Gasteiger partial charge in [-0.25, -0.2) is 8.42 Å². The molecule has 1 saturated heterocycles. The van der Waals surface area contributed by atoms with Gasteiger partial charge in [-0.15, -0.1) is 11.8 Å². The number of amides is 1. The lowest BCUT2D eigenvalue weighted by Crippen LogP contribution is -2.35. The first-order valence-corrected chi connectivity index (χ1v) is 11.5. The summed E-state index contributed by atoms with van der Waals surface area (Å²) in [6, 6.07) is 6.28. The maximum Gasteiger partial charge on any atom is 0.315 e. The van der Waals surface area contributed by atoms with Crippen LogP contribution in [0.5, 0.6) is 0 Å². The van der Waals surface area contributed by atoms with Crippen LogP contribution in [-0.2, 0) is 24.3 Å². The smallest absolute Gasteiger partial charge is 0.315 e. The lowest BCUT2D eigenvalue weighted by molar-refractivity contribution is -0.139. The molecule has 2 rings (SSSR count). The van der Waals surface area contributed by atoms with Crippen molar-refractivity contribution in [1.82, 2.24) is 4.31 Å².